The maximum absolute atomic E-state index is 10.1. The molecule has 1 unspecified atom stereocenters. The van der Waals surface area contributed by atoms with Gasteiger partial charge >= 0.3 is 0 Å². The molecule has 0 saturated heterocycles. The van der Waals surface area contributed by atoms with Crippen molar-refractivity contribution in [1.29, 1.82) is 0 Å². The van der Waals surface area contributed by atoms with E-state index in [0.717, 1.165) is 24.3 Å². The third-order valence-corrected chi connectivity index (χ3v) is 3.65. The van der Waals surface area contributed by atoms with Crippen molar-refractivity contribution >= 4 is 0 Å². The summed E-state index contributed by atoms with van der Waals surface area (Å²) in [7, 11) is 0. The highest BCUT2D eigenvalue weighted by atomic mass is 16.5. The molecule has 1 aliphatic carbocycles. The van der Waals surface area contributed by atoms with Crippen LogP contribution in [0.5, 0.6) is 5.75 Å². The predicted octanol–water partition coefficient (Wildman–Crippen LogP) is 2.46. The first-order chi connectivity index (χ1) is 7.34. The minimum Gasteiger partial charge on any atom is -0.493 e. The van der Waals surface area contributed by atoms with Gasteiger partial charge in [0.05, 0.1) is 12.7 Å². The van der Waals surface area contributed by atoms with Gasteiger partial charge in [-0.2, -0.15) is 0 Å². The number of hydrogen-bond donors (Lipinski definition) is 1. The van der Waals surface area contributed by atoms with E-state index in [9.17, 15) is 5.11 Å². The first kappa shape index (κ1) is 9.22. The van der Waals surface area contributed by atoms with E-state index in [1.54, 1.807) is 0 Å². The zero-order valence-electron chi connectivity index (χ0n) is 8.78. The predicted molar refractivity (Wildman–Crippen MR) is 57.9 cm³/mol. The molecule has 0 aromatic heterocycles. The third-order valence-electron chi connectivity index (χ3n) is 3.65. The molecule has 2 aliphatic rings. The monoisotopic (exact) mass is 204 g/mol. The lowest BCUT2D eigenvalue weighted by atomic mass is 9.78. The quantitative estimate of drug-likeness (QED) is 0.801. The van der Waals surface area contributed by atoms with Gasteiger partial charge in [0.25, 0.3) is 0 Å². The first-order valence-corrected chi connectivity index (χ1v) is 5.78. The van der Waals surface area contributed by atoms with Gasteiger partial charge in [0.15, 0.2) is 0 Å². The average molecular weight is 204 g/mol. The summed E-state index contributed by atoms with van der Waals surface area (Å²) in [5, 5.41) is 10.1. The molecular weight excluding hydrogens is 188 g/mol. The lowest BCUT2D eigenvalue weighted by Crippen LogP contribution is -2.19. The Morgan fingerprint density at radius 3 is 2.93 bits per heavy atom. The maximum atomic E-state index is 10.1. The van der Waals surface area contributed by atoms with E-state index in [1.165, 1.54) is 24.8 Å². The minimum absolute atomic E-state index is 0.260. The van der Waals surface area contributed by atoms with Crippen LogP contribution < -0.4 is 4.74 Å². The molecule has 1 aromatic carbocycles. The summed E-state index contributed by atoms with van der Waals surface area (Å²) in [6.07, 6.45) is 4.35. The van der Waals surface area contributed by atoms with E-state index < -0.39 is 0 Å². The van der Waals surface area contributed by atoms with Crippen molar-refractivity contribution in [2.75, 3.05) is 6.61 Å². The van der Waals surface area contributed by atoms with E-state index >= 15 is 0 Å². The molecule has 3 rings (SSSR count). The van der Waals surface area contributed by atoms with Gasteiger partial charge < -0.3 is 9.84 Å². The molecule has 1 saturated carbocycles. The molecule has 1 N–H and O–H groups in total. The highest BCUT2D eigenvalue weighted by Gasteiger charge is 2.27. The molecule has 15 heavy (non-hydrogen) atoms. The molecule has 2 nitrogen and oxygen atoms in total. The Morgan fingerprint density at radius 1 is 1.33 bits per heavy atom. The Kier molecular flexibility index (Phi) is 2.17. The summed E-state index contributed by atoms with van der Waals surface area (Å²) in [5.74, 6) is 1.49. The summed E-state index contributed by atoms with van der Waals surface area (Å²) in [6.45, 7) is 0.790. The van der Waals surface area contributed by atoms with Crippen molar-refractivity contribution in [2.24, 2.45) is 5.92 Å². The molecule has 0 bridgehead atoms. The Morgan fingerprint density at radius 2 is 2.20 bits per heavy atom. The van der Waals surface area contributed by atoms with Crippen LogP contribution in [0.3, 0.4) is 0 Å². The van der Waals surface area contributed by atoms with Gasteiger partial charge in [-0.1, -0.05) is 12.5 Å². The van der Waals surface area contributed by atoms with E-state index in [4.69, 9.17) is 4.74 Å². The summed E-state index contributed by atoms with van der Waals surface area (Å²) >= 11 is 0. The number of ether oxygens (including phenoxy) is 1. The molecule has 1 heterocycles. The fourth-order valence-electron chi connectivity index (χ4n) is 2.42. The van der Waals surface area contributed by atoms with Crippen LogP contribution in [0, 0.1) is 5.92 Å². The van der Waals surface area contributed by atoms with E-state index in [1.807, 2.05) is 12.1 Å². The van der Waals surface area contributed by atoms with Gasteiger partial charge in [-0.3, -0.25) is 0 Å². The smallest absolute Gasteiger partial charge is 0.122 e. The SMILES string of the molecule is OC(c1ccc2c(c1)CCO2)C1CCC1. The zero-order valence-corrected chi connectivity index (χ0v) is 8.78. The second-order valence-electron chi connectivity index (χ2n) is 4.60. The Balaban J connectivity index is 1.85. The van der Waals surface area contributed by atoms with Crippen molar-refractivity contribution in [3.05, 3.63) is 29.3 Å². The lowest BCUT2D eigenvalue weighted by Gasteiger charge is -2.30. The van der Waals surface area contributed by atoms with Gasteiger partial charge in [-0.15, -0.1) is 0 Å². The van der Waals surface area contributed by atoms with Crippen LogP contribution in [0.4, 0.5) is 0 Å². The second-order valence-corrected chi connectivity index (χ2v) is 4.60. The molecule has 0 amide bonds. The first-order valence-electron chi connectivity index (χ1n) is 5.78. The van der Waals surface area contributed by atoms with Crippen molar-refractivity contribution in [3.63, 3.8) is 0 Å². The molecular formula is C13H16O2. The van der Waals surface area contributed by atoms with E-state index in [2.05, 4.69) is 6.07 Å². The van der Waals surface area contributed by atoms with Crippen LogP contribution in [0.15, 0.2) is 18.2 Å². The molecule has 80 valence electrons. The largest absolute Gasteiger partial charge is 0.493 e. The summed E-state index contributed by atoms with van der Waals surface area (Å²) < 4.78 is 5.45. The highest BCUT2D eigenvalue weighted by Crippen LogP contribution is 2.39. The fourth-order valence-corrected chi connectivity index (χ4v) is 2.42. The molecule has 1 aliphatic heterocycles. The lowest BCUT2D eigenvalue weighted by molar-refractivity contribution is 0.0620. The average Bonchev–Trinajstić information content (AvgIpc) is 2.61. The molecule has 1 aromatic rings. The van der Waals surface area contributed by atoms with Gasteiger partial charge in [0.1, 0.15) is 5.75 Å². The van der Waals surface area contributed by atoms with Crippen LogP contribution >= 0.6 is 0 Å². The molecule has 0 radical (unpaired) electrons. The topological polar surface area (TPSA) is 29.5 Å². The summed E-state index contributed by atoms with van der Waals surface area (Å²) in [4.78, 5) is 0. The van der Waals surface area contributed by atoms with E-state index in [0.29, 0.717) is 5.92 Å². The van der Waals surface area contributed by atoms with Gasteiger partial charge in [-0.05, 0) is 42.0 Å². The Bertz CT molecular complexity index is 369. The van der Waals surface area contributed by atoms with Gasteiger partial charge in [0.2, 0.25) is 0 Å². The number of fused-ring (bicyclic) bond motifs is 1. The molecule has 0 spiro atoms. The van der Waals surface area contributed by atoms with Crippen LogP contribution in [0.25, 0.3) is 0 Å². The summed E-state index contributed by atoms with van der Waals surface area (Å²) in [5.41, 5.74) is 2.33. The van der Waals surface area contributed by atoms with Crippen LogP contribution in [-0.2, 0) is 6.42 Å². The van der Waals surface area contributed by atoms with Gasteiger partial charge in [-0.25, -0.2) is 0 Å². The Hall–Kier alpha value is -1.02. The molecule has 1 fully saturated rings. The van der Waals surface area contributed by atoms with Crippen molar-refractivity contribution in [2.45, 2.75) is 31.8 Å². The van der Waals surface area contributed by atoms with Crippen molar-refractivity contribution in [3.8, 4) is 5.75 Å². The van der Waals surface area contributed by atoms with Crippen molar-refractivity contribution < 1.29 is 9.84 Å². The third kappa shape index (κ3) is 1.53. The zero-order chi connectivity index (χ0) is 10.3. The number of rotatable bonds is 2. The van der Waals surface area contributed by atoms with Crippen molar-refractivity contribution in [1.82, 2.24) is 0 Å². The molecule has 1 atom stereocenters. The number of hydrogen-bond acceptors (Lipinski definition) is 2. The number of aliphatic hydroxyl groups excluding tert-OH is 1. The van der Waals surface area contributed by atoms with Crippen LogP contribution in [0.2, 0.25) is 0 Å². The van der Waals surface area contributed by atoms with Gasteiger partial charge in [0, 0.05) is 6.42 Å². The maximum Gasteiger partial charge on any atom is 0.122 e. The normalized spacial score (nSPS) is 21.7. The second kappa shape index (κ2) is 3.53. The highest BCUT2D eigenvalue weighted by molar-refractivity contribution is 5.40. The minimum atomic E-state index is -0.260. The Labute approximate surface area is 89.9 Å². The summed E-state index contributed by atoms with van der Waals surface area (Å²) in [6, 6.07) is 6.12. The number of aliphatic hydroxyl groups is 1. The molecule has 2 heteroatoms. The van der Waals surface area contributed by atoms with E-state index in [-0.39, 0.29) is 6.10 Å². The van der Waals surface area contributed by atoms with Crippen LogP contribution in [-0.4, -0.2) is 11.7 Å². The van der Waals surface area contributed by atoms with Crippen LogP contribution in [0.1, 0.15) is 36.5 Å². The standard InChI is InChI=1S/C13H16O2/c14-13(9-2-1-3-9)11-4-5-12-10(8-11)6-7-15-12/h4-5,8-9,13-14H,1-3,6-7H2. The number of benzene rings is 1. The fraction of sp³-hybridized carbons (Fsp3) is 0.538.